The van der Waals surface area contributed by atoms with Gasteiger partial charge in [0.25, 0.3) is 5.91 Å². The van der Waals surface area contributed by atoms with Crippen LogP contribution in [0.1, 0.15) is 36.7 Å². The van der Waals surface area contributed by atoms with Gasteiger partial charge in [-0.1, -0.05) is 32.0 Å². The quantitative estimate of drug-likeness (QED) is 0.550. The fourth-order valence-corrected chi connectivity index (χ4v) is 3.19. The lowest BCUT2D eigenvalue weighted by molar-refractivity contribution is -0.138. The third-order valence-corrected chi connectivity index (χ3v) is 4.94. The molecule has 0 spiro atoms. The lowest BCUT2D eigenvalue weighted by Crippen LogP contribution is -2.53. The molecule has 0 saturated carbocycles. The second-order valence-corrected chi connectivity index (χ2v) is 7.74. The molecule has 184 valence electrons. The molecule has 1 atom stereocenters. The minimum Gasteiger partial charge on any atom is -0.340 e. The van der Waals surface area contributed by atoms with Gasteiger partial charge >= 0.3 is 6.18 Å². The molecule has 0 aliphatic heterocycles. The number of carbonyl (C=O) groups excluding carboxylic acids is 3. The molecule has 0 aromatic heterocycles. The highest BCUT2D eigenvalue weighted by Crippen LogP contribution is 2.34. The minimum atomic E-state index is -4.70. The average Bonchev–Trinajstić information content (AvgIpc) is 2.74. The van der Waals surface area contributed by atoms with Gasteiger partial charge in [-0.2, -0.15) is 13.2 Å². The third kappa shape index (κ3) is 6.52. The number of alkyl halides is 3. The summed E-state index contributed by atoms with van der Waals surface area (Å²) in [6, 6.07) is 6.01. The Hall–Kier alpha value is -3.50. The second-order valence-electron chi connectivity index (χ2n) is 7.74. The molecule has 2 rings (SSSR count). The molecule has 0 radical (unpaired) electrons. The summed E-state index contributed by atoms with van der Waals surface area (Å²) in [4.78, 5) is 38.9. The van der Waals surface area contributed by atoms with E-state index in [1.54, 1.807) is 13.8 Å². The zero-order valence-corrected chi connectivity index (χ0v) is 18.7. The summed E-state index contributed by atoms with van der Waals surface area (Å²) in [5.41, 5.74) is -2.37. The summed E-state index contributed by atoms with van der Waals surface area (Å²) in [6.45, 7) is 4.07. The van der Waals surface area contributed by atoms with Crippen LogP contribution >= 0.6 is 0 Å². The maximum atomic E-state index is 13.9. The normalized spacial score (nSPS) is 12.3. The smallest absolute Gasteiger partial charge is 0.340 e. The van der Waals surface area contributed by atoms with Crippen molar-refractivity contribution in [2.24, 2.45) is 5.92 Å². The largest absolute Gasteiger partial charge is 0.418 e. The van der Waals surface area contributed by atoms with Gasteiger partial charge in [0.05, 0.1) is 17.8 Å². The van der Waals surface area contributed by atoms with Gasteiger partial charge in [-0.3, -0.25) is 14.4 Å². The van der Waals surface area contributed by atoms with E-state index in [0.29, 0.717) is 0 Å². The van der Waals surface area contributed by atoms with E-state index in [1.165, 1.54) is 19.1 Å². The molecule has 0 heterocycles. The Bertz CT molecular complexity index is 1040. The molecule has 6 nitrogen and oxygen atoms in total. The summed E-state index contributed by atoms with van der Waals surface area (Å²) in [7, 11) is 0. The highest BCUT2D eigenvalue weighted by molar-refractivity contribution is 5.99. The standard InChI is InChI=1S/C23H24F5N3O3/c1-4-31(12-18(32)29-17-11-6-5-8-14(17)23(26,27)28)22(34)20(13(2)3)30-21(33)19-15(24)9-7-10-16(19)25/h5-11,13,20H,4,12H2,1-3H3,(H,29,32)(H,30,33). The minimum absolute atomic E-state index is 0.0136. The predicted octanol–water partition coefficient (Wildman–Crippen LogP) is 4.23. The van der Waals surface area contributed by atoms with Crippen LogP contribution < -0.4 is 10.6 Å². The number of anilines is 1. The Balaban J connectivity index is 2.17. The summed E-state index contributed by atoms with van der Waals surface area (Å²) in [5, 5.41) is 4.44. The lowest BCUT2D eigenvalue weighted by Gasteiger charge is -2.29. The van der Waals surface area contributed by atoms with Crippen LogP contribution in [0.25, 0.3) is 0 Å². The zero-order chi connectivity index (χ0) is 25.6. The van der Waals surface area contributed by atoms with Gasteiger partial charge < -0.3 is 15.5 Å². The maximum absolute atomic E-state index is 13.9. The first-order valence-electron chi connectivity index (χ1n) is 10.4. The van der Waals surface area contributed by atoms with Crippen LogP contribution in [0.5, 0.6) is 0 Å². The van der Waals surface area contributed by atoms with Crippen LogP contribution in [-0.4, -0.2) is 41.8 Å². The number of amides is 3. The number of benzene rings is 2. The number of nitrogens with one attached hydrogen (secondary N) is 2. The zero-order valence-electron chi connectivity index (χ0n) is 18.7. The molecule has 0 fully saturated rings. The highest BCUT2D eigenvalue weighted by Gasteiger charge is 2.34. The van der Waals surface area contributed by atoms with Crippen molar-refractivity contribution in [2.45, 2.75) is 33.0 Å². The average molecular weight is 485 g/mol. The molecule has 0 saturated heterocycles. The van der Waals surface area contributed by atoms with Crippen molar-refractivity contribution in [2.75, 3.05) is 18.4 Å². The Kier molecular flexibility index (Phi) is 8.72. The first-order valence-corrected chi connectivity index (χ1v) is 10.4. The van der Waals surface area contributed by atoms with Crippen molar-refractivity contribution in [1.82, 2.24) is 10.2 Å². The van der Waals surface area contributed by atoms with Gasteiger partial charge in [0.1, 0.15) is 23.2 Å². The number of para-hydroxylation sites is 1. The molecule has 2 N–H and O–H groups in total. The van der Waals surface area contributed by atoms with E-state index >= 15 is 0 Å². The molecule has 3 amide bonds. The SMILES string of the molecule is CCN(CC(=O)Nc1ccccc1C(F)(F)F)C(=O)C(NC(=O)c1c(F)cccc1F)C(C)C. The van der Waals surface area contributed by atoms with Crippen molar-refractivity contribution in [3.8, 4) is 0 Å². The maximum Gasteiger partial charge on any atom is 0.418 e. The number of carbonyl (C=O) groups is 3. The molecule has 1 unspecified atom stereocenters. The molecular weight excluding hydrogens is 461 g/mol. The second kappa shape index (κ2) is 11.1. The summed E-state index contributed by atoms with van der Waals surface area (Å²) in [5.74, 6) is -5.52. The van der Waals surface area contributed by atoms with Crippen LogP contribution in [0.2, 0.25) is 0 Å². The van der Waals surface area contributed by atoms with Gasteiger partial charge in [0.2, 0.25) is 11.8 Å². The third-order valence-electron chi connectivity index (χ3n) is 4.94. The molecule has 34 heavy (non-hydrogen) atoms. The Labute approximate surface area is 193 Å². The van der Waals surface area contributed by atoms with Gasteiger partial charge in [-0.25, -0.2) is 8.78 Å². The molecular formula is C23H24F5N3O3. The Morgan fingerprint density at radius 1 is 0.971 bits per heavy atom. The van der Waals surface area contributed by atoms with E-state index in [2.05, 4.69) is 10.6 Å². The molecule has 11 heteroatoms. The van der Waals surface area contributed by atoms with E-state index in [0.717, 1.165) is 35.2 Å². The Morgan fingerprint density at radius 3 is 2.09 bits per heavy atom. The topological polar surface area (TPSA) is 78.5 Å². The fourth-order valence-electron chi connectivity index (χ4n) is 3.19. The van der Waals surface area contributed by atoms with Crippen LogP contribution in [0.3, 0.4) is 0 Å². The molecule has 2 aromatic carbocycles. The molecule has 0 bridgehead atoms. The number of halogens is 5. The van der Waals surface area contributed by atoms with Crippen LogP contribution in [0.4, 0.5) is 27.6 Å². The Morgan fingerprint density at radius 2 is 1.56 bits per heavy atom. The molecule has 0 aliphatic carbocycles. The predicted molar refractivity (Wildman–Crippen MR) is 115 cm³/mol. The monoisotopic (exact) mass is 485 g/mol. The number of hydrogen-bond donors (Lipinski definition) is 2. The number of likely N-dealkylation sites (N-methyl/N-ethyl adjacent to an activating group) is 1. The van der Waals surface area contributed by atoms with E-state index in [4.69, 9.17) is 0 Å². The van der Waals surface area contributed by atoms with Gasteiger partial charge in [-0.15, -0.1) is 0 Å². The van der Waals surface area contributed by atoms with E-state index in [9.17, 15) is 36.3 Å². The summed E-state index contributed by atoms with van der Waals surface area (Å²) >= 11 is 0. The summed E-state index contributed by atoms with van der Waals surface area (Å²) < 4.78 is 67.4. The number of hydrogen-bond acceptors (Lipinski definition) is 3. The van der Waals surface area contributed by atoms with Gasteiger partial charge in [0, 0.05) is 6.54 Å². The number of nitrogens with zero attached hydrogens (tertiary/aromatic N) is 1. The lowest BCUT2D eigenvalue weighted by atomic mass is 10.0. The summed E-state index contributed by atoms with van der Waals surface area (Å²) in [6.07, 6.45) is -4.70. The number of rotatable bonds is 8. The van der Waals surface area contributed by atoms with E-state index < -0.39 is 70.9 Å². The fraction of sp³-hybridized carbons (Fsp3) is 0.348. The van der Waals surface area contributed by atoms with Gasteiger partial charge in [-0.05, 0) is 37.1 Å². The van der Waals surface area contributed by atoms with E-state index in [-0.39, 0.29) is 6.54 Å². The van der Waals surface area contributed by atoms with Crippen molar-refractivity contribution in [3.05, 3.63) is 65.2 Å². The van der Waals surface area contributed by atoms with Crippen molar-refractivity contribution in [3.63, 3.8) is 0 Å². The van der Waals surface area contributed by atoms with Crippen molar-refractivity contribution < 1.29 is 36.3 Å². The van der Waals surface area contributed by atoms with E-state index in [1.807, 2.05) is 0 Å². The van der Waals surface area contributed by atoms with Crippen molar-refractivity contribution in [1.29, 1.82) is 0 Å². The molecule has 0 aliphatic rings. The van der Waals surface area contributed by atoms with Crippen LogP contribution in [0.15, 0.2) is 42.5 Å². The van der Waals surface area contributed by atoms with Crippen LogP contribution in [-0.2, 0) is 15.8 Å². The highest BCUT2D eigenvalue weighted by atomic mass is 19.4. The first kappa shape index (κ1) is 26.7. The first-order chi connectivity index (χ1) is 15.9. The van der Waals surface area contributed by atoms with Gasteiger partial charge in [0.15, 0.2) is 0 Å². The van der Waals surface area contributed by atoms with Crippen LogP contribution in [0, 0.1) is 17.6 Å². The molecule has 2 aromatic rings. The van der Waals surface area contributed by atoms with Crippen molar-refractivity contribution >= 4 is 23.4 Å².